The summed E-state index contributed by atoms with van der Waals surface area (Å²) in [4.78, 5) is 12.0. The summed E-state index contributed by atoms with van der Waals surface area (Å²) in [6.45, 7) is 6.62. The van der Waals surface area contributed by atoms with E-state index in [1.165, 1.54) is 57.8 Å². The first kappa shape index (κ1) is 21.5. The van der Waals surface area contributed by atoms with Crippen LogP contribution in [0.3, 0.4) is 0 Å². The fourth-order valence-electron chi connectivity index (χ4n) is 3.37. The van der Waals surface area contributed by atoms with E-state index in [2.05, 4.69) is 20.8 Å². The molecule has 22 heavy (non-hydrogen) atoms. The van der Waals surface area contributed by atoms with E-state index in [-0.39, 0.29) is 0 Å². The van der Waals surface area contributed by atoms with Crippen molar-refractivity contribution >= 4 is 5.97 Å². The fourth-order valence-corrected chi connectivity index (χ4v) is 3.37. The maximum atomic E-state index is 12.0. The molecule has 0 aromatic carbocycles. The largest absolute Gasteiger partial charge is 0.481 e. The van der Waals surface area contributed by atoms with Crippen molar-refractivity contribution in [2.24, 2.45) is 5.41 Å². The lowest BCUT2D eigenvalue weighted by molar-refractivity contribution is -0.150. The first-order valence-electron chi connectivity index (χ1n) is 9.86. The molecule has 0 heterocycles. The zero-order valence-corrected chi connectivity index (χ0v) is 15.5. The zero-order chi connectivity index (χ0) is 16.7. The highest BCUT2D eigenvalue weighted by molar-refractivity contribution is 5.74. The summed E-state index contributed by atoms with van der Waals surface area (Å²) in [5, 5.41) is 9.89. The van der Waals surface area contributed by atoms with Gasteiger partial charge in [-0.25, -0.2) is 0 Å². The minimum absolute atomic E-state index is 0.435. The van der Waals surface area contributed by atoms with Crippen LogP contribution in [0.2, 0.25) is 0 Å². The normalized spacial score (nSPS) is 11.8. The van der Waals surface area contributed by atoms with Gasteiger partial charge in [0.15, 0.2) is 0 Å². The number of unbranched alkanes of at least 4 members (excludes halogenated alkanes) is 9. The number of hydrogen-bond donors (Lipinski definition) is 1. The van der Waals surface area contributed by atoms with Gasteiger partial charge in [0.05, 0.1) is 5.41 Å². The summed E-state index contributed by atoms with van der Waals surface area (Å²) in [5.74, 6) is -0.531. The van der Waals surface area contributed by atoms with Gasteiger partial charge in [0, 0.05) is 0 Å². The van der Waals surface area contributed by atoms with Crippen molar-refractivity contribution in [3.63, 3.8) is 0 Å². The standard InChI is InChI=1S/C20H40O2/c1-4-7-10-13-16-20(19(21)22,17-14-11-8-5-2)18-15-12-9-6-3/h4-18H2,1-3H3,(H,21,22). The molecule has 0 atom stereocenters. The minimum atomic E-state index is -0.531. The Morgan fingerprint density at radius 3 is 1.18 bits per heavy atom. The Hall–Kier alpha value is -0.530. The molecule has 0 saturated heterocycles. The molecule has 132 valence electrons. The molecule has 0 rings (SSSR count). The average molecular weight is 313 g/mol. The number of aliphatic carboxylic acids is 1. The molecular weight excluding hydrogens is 272 g/mol. The molecule has 2 nitrogen and oxygen atoms in total. The Morgan fingerprint density at radius 2 is 0.955 bits per heavy atom. The number of carboxylic acids is 1. The smallest absolute Gasteiger partial charge is 0.309 e. The second-order valence-electron chi connectivity index (χ2n) is 7.02. The second-order valence-corrected chi connectivity index (χ2v) is 7.02. The van der Waals surface area contributed by atoms with Gasteiger partial charge in [0.2, 0.25) is 0 Å². The monoisotopic (exact) mass is 312 g/mol. The van der Waals surface area contributed by atoms with Gasteiger partial charge in [-0.3, -0.25) is 4.79 Å². The number of hydrogen-bond acceptors (Lipinski definition) is 1. The Kier molecular flexibility index (Phi) is 13.7. The van der Waals surface area contributed by atoms with Crippen LogP contribution < -0.4 is 0 Å². The summed E-state index contributed by atoms with van der Waals surface area (Å²) in [5.41, 5.74) is -0.435. The fraction of sp³-hybridized carbons (Fsp3) is 0.950. The van der Waals surface area contributed by atoms with Gasteiger partial charge >= 0.3 is 5.97 Å². The topological polar surface area (TPSA) is 37.3 Å². The number of rotatable bonds is 16. The van der Waals surface area contributed by atoms with E-state index in [1.807, 2.05) is 0 Å². The maximum absolute atomic E-state index is 12.0. The number of carbonyl (C=O) groups is 1. The summed E-state index contributed by atoms with van der Waals surface area (Å²) in [6.07, 6.45) is 16.9. The molecule has 0 amide bonds. The summed E-state index contributed by atoms with van der Waals surface area (Å²) < 4.78 is 0. The molecule has 1 N–H and O–H groups in total. The van der Waals surface area contributed by atoms with E-state index in [4.69, 9.17) is 0 Å². The van der Waals surface area contributed by atoms with Crippen LogP contribution in [0.15, 0.2) is 0 Å². The third kappa shape index (κ3) is 9.48. The summed E-state index contributed by atoms with van der Waals surface area (Å²) in [6, 6.07) is 0. The third-order valence-corrected chi connectivity index (χ3v) is 4.98. The quantitative estimate of drug-likeness (QED) is 0.312. The van der Waals surface area contributed by atoms with E-state index in [0.29, 0.717) is 0 Å². The predicted octanol–water partition coefficient (Wildman–Crippen LogP) is 6.97. The van der Waals surface area contributed by atoms with Crippen molar-refractivity contribution in [1.82, 2.24) is 0 Å². The molecule has 0 bridgehead atoms. The summed E-state index contributed by atoms with van der Waals surface area (Å²) in [7, 11) is 0. The lowest BCUT2D eigenvalue weighted by Crippen LogP contribution is -2.31. The van der Waals surface area contributed by atoms with Crippen molar-refractivity contribution in [2.75, 3.05) is 0 Å². The van der Waals surface area contributed by atoms with Crippen LogP contribution >= 0.6 is 0 Å². The van der Waals surface area contributed by atoms with Gasteiger partial charge in [-0.15, -0.1) is 0 Å². The van der Waals surface area contributed by atoms with Gasteiger partial charge in [0.25, 0.3) is 0 Å². The first-order chi connectivity index (χ1) is 10.6. The Balaban J connectivity index is 4.51. The molecule has 0 radical (unpaired) electrons. The van der Waals surface area contributed by atoms with Crippen LogP contribution in [-0.4, -0.2) is 11.1 Å². The molecule has 0 spiro atoms. The van der Waals surface area contributed by atoms with Crippen molar-refractivity contribution in [1.29, 1.82) is 0 Å². The van der Waals surface area contributed by atoms with Crippen molar-refractivity contribution in [3.05, 3.63) is 0 Å². The van der Waals surface area contributed by atoms with Crippen LogP contribution in [-0.2, 0) is 4.79 Å². The molecule has 0 aliphatic heterocycles. The van der Waals surface area contributed by atoms with E-state index in [9.17, 15) is 9.90 Å². The molecule has 0 unspecified atom stereocenters. The SMILES string of the molecule is CCCCCCC(CCCCCC)(CCCCCC)C(=O)O. The van der Waals surface area contributed by atoms with Crippen LogP contribution in [0.4, 0.5) is 0 Å². The Bertz CT molecular complexity index is 229. The van der Waals surface area contributed by atoms with Gasteiger partial charge in [-0.1, -0.05) is 97.8 Å². The van der Waals surface area contributed by atoms with E-state index >= 15 is 0 Å². The summed E-state index contributed by atoms with van der Waals surface area (Å²) >= 11 is 0. The molecule has 0 aromatic rings. The Morgan fingerprint density at radius 1 is 0.636 bits per heavy atom. The van der Waals surface area contributed by atoms with E-state index in [0.717, 1.165) is 38.5 Å². The molecule has 0 aliphatic carbocycles. The van der Waals surface area contributed by atoms with Gasteiger partial charge < -0.3 is 5.11 Å². The molecule has 0 fully saturated rings. The van der Waals surface area contributed by atoms with Crippen LogP contribution in [0.5, 0.6) is 0 Å². The first-order valence-corrected chi connectivity index (χ1v) is 9.86. The molecular formula is C20H40O2. The van der Waals surface area contributed by atoms with Crippen molar-refractivity contribution in [2.45, 2.75) is 117 Å². The minimum Gasteiger partial charge on any atom is -0.481 e. The van der Waals surface area contributed by atoms with Crippen LogP contribution in [0, 0.1) is 5.41 Å². The van der Waals surface area contributed by atoms with Crippen LogP contribution in [0.1, 0.15) is 117 Å². The third-order valence-electron chi connectivity index (χ3n) is 4.98. The van der Waals surface area contributed by atoms with Gasteiger partial charge in [-0.2, -0.15) is 0 Å². The average Bonchev–Trinajstić information content (AvgIpc) is 2.51. The zero-order valence-electron chi connectivity index (χ0n) is 15.5. The molecule has 0 saturated carbocycles. The predicted molar refractivity (Wildman–Crippen MR) is 96.3 cm³/mol. The van der Waals surface area contributed by atoms with E-state index < -0.39 is 11.4 Å². The highest BCUT2D eigenvalue weighted by atomic mass is 16.4. The van der Waals surface area contributed by atoms with Gasteiger partial charge in [0.1, 0.15) is 0 Å². The second kappa shape index (κ2) is 14.1. The van der Waals surface area contributed by atoms with Gasteiger partial charge in [-0.05, 0) is 19.3 Å². The lowest BCUT2D eigenvalue weighted by Gasteiger charge is -2.30. The molecule has 0 aliphatic rings. The van der Waals surface area contributed by atoms with Crippen molar-refractivity contribution in [3.8, 4) is 0 Å². The van der Waals surface area contributed by atoms with Crippen molar-refractivity contribution < 1.29 is 9.90 Å². The van der Waals surface area contributed by atoms with E-state index in [1.54, 1.807) is 0 Å². The highest BCUT2D eigenvalue weighted by Crippen LogP contribution is 2.37. The van der Waals surface area contributed by atoms with Crippen LogP contribution in [0.25, 0.3) is 0 Å². The Labute approximate surface area is 139 Å². The number of carboxylic acid groups (broad SMARTS) is 1. The lowest BCUT2D eigenvalue weighted by atomic mass is 9.74. The highest BCUT2D eigenvalue weighted by Gasteiger charge is 2.36. The molecule has 0 aromatic heterocycles. The maximum Gasteiger partial charge on any atom is 0.309 e. The molecule has 2 heteroatoms.